The molecule has 1 aliphatic carbocycles. The van der Waals surface area contributed by atoms with Crippen molar-refractivity contribution in [3.05, 3.63) is 77.9 Å². The Morgan fingerprint density at radius 1 is 1.13 bits per heavy atom. The van der Waals surface area contributed by atoms with Crippen LogP contribution in [0.3, 0.4) is 0 Å². The summed E-state index contributed by atoms with van der Waals surface area (Å²) in [6.45, 7) is 3.52. The summed E-state index contributed by atoms with van der Waals surface area (Å²) in [6.07, 6.45) is 5.80. The topological polar surface area (TPSA) is 64.4 Å². The average Bonchev–Trinajstić information content (AvgIpc) is 3.47. The zero-order valence-corrected chi connectivity index (χ0v) is 18.2. The number of imidazole rings is 1. The Bertz CT molecular complexity index is 1100. The first-order valence-corrected chi connectivity index (χ1v) is 11.6. The highest BCUT2D eigenvalue weighted by atomic mass is 32.2. The molecule has 0 unspecified atom stereocenters. The molecule has 0 bridgehead atoms. The molecule has 1 saturated carbocycles. The van der Waals surface area contributed by atoms with Crippen molar-refractivity contribution in [2.75, 3.05) is 13.7 Å². The molecule has 0 N–H and O–H groups in total. The normalized spacial score (nSPS) is 14.2. The van der Waals surface area contributed by atoms with Crippen LogP contribution in [0.1, 0.15) is 29.8 Å². The first-order chi connectivity index (χ1) is 14.5. The van der Waals surface area contributed by atoms with Gasteiger partial charge < -0.3 is 9.30 Å². The molecular weight excluding hydrogens is 398 g/mol. The summed E-state index contributed by atoms with van der Waals surface area (Å²) in [5.41, 5.74) is 2.40. The lowest BCUT2D eigenvalue weighted by atomic mass is 10.1. The second kappa shape index (κ2) is 8.62. The van der Waals surface area contributed by atoms with Gasteiger partial charge in [0.15, 0.2) is 0 Å². The van der Waals surface area contributed by atoms with Crippen LogP contribution in [0.5, 0.6) is 5.75 Å². The molecule has 0 spiro atoms. The third-order valence-corrected chi connectivity index (χ3v) is 7.40. The van der Waals surface area contributed by atoms with Crippen LogP contribution < -0.4 is 4.74 Å². The highest BCUT2D eigenvalue weighted by molar-refractivity contribution is 7.89. The van der Waals surface area contributed by atoms with Crippen LogP contribution >= 0.6 is 0 Å². The molecule has 30 heavy (non-hydrogen) atoms. The Morgan fingerprint density at radius 3 is 2.53 bits per heavy atom. The number of hydrogen-bond acceptors (Lipinski definition) is 4. The molecule has 1 aliphatic rings. The van der Waals surface area contributed by atoms with Crippen molar-refractivity contribution < 1.29 is 13.2 Å². The summed E-state index contributed by atoms with van der Waals surface area (Å²) >= 11 is 0. The van der Waals surface area contributed by atoms with Crippen LogP contribution in [-0.4, -0.2) is 35.9 Å². The molecule has 0 amide bonds. The molecule has 1 fully saturated rings. The SMILES string of the molecule is COc1ccc(S(=O)(=O)N(Cc2nccn2Cc2ccccc2C)CC2CC2)cc1. The molecule has 6 nitrogen and oxygen atoms in total. The van der Waals surface area contributed by atoms with E-state index in [0.29, 0.717) is 24.8 Å². The highest BCUT2D eigenvalue weighted by Gasteiger charge is 2.32. The van der Waals surface area contributed by atoms with Crippen LogP contribution in [0.15, 0.2) is 65.8 Å². The van der Waals surface area contributed by atoms with Crippen molar-refractivity contribution in [1.82, 2.24) is 13.9 Å². The third-order valence-electron chi connectivity index (χ3n) is 5.58. The Morgan fingerprint density at radius 2 is 1.87 bits per heavy atom. The number of aryl methyl sites for hydroxylation is 1. The second-order valence-corrected chi connectivity index (χ2v) is 9.75. The van der Waals surface area contributed by atoms with E-state index in [1.165, 1.54) is 11.1 Å². The van der Waals surface area contributed by atoms with Gasteiger partial charge in [-0.05, 0) is 61.1 Å². The lowest BCUT2D eigenvalue weighted by Crippen LogP contribution is -2.33. The third kappa shape index (κ3) is 4.57. The van der Waals surface area contributed by atoms with Crippen molar-refractivity contribution in [1.29, 1.82) is 0 Å². The predicted octanol–water partition coefficient (Wildman–Crippen LogP) is 3.85. The smallest absolute Gasteiger partial charge is 0.243 e. The van der Waals surface area contributed by atoms with Crippen molar-refractivity contribution in [3.63, 3.8) is 0 Å². The molecule has 1 aromatic heterocycles. The van der Waals surface area contributed by atoms with E-state index in [1.54, 1.807) is 41.9 Å². The monoisotopic (exact) mass is 425 g/mol. The van der Waals surface area contributed by atoms with Gasteiger partial charge in [0.05, 0.1) is 18.6 Å². The van der Waals surface area contributed by atoms with Gasteiger partial charge in [0, 0.05) is 25.5 Å². The van der Waals surface area contributed by atoms with Crippen molar-refractivity contribution in [2.24, 2.45) is 5.92 Å². The fourth-order valence-electron chi connectivity index (χ4n) is 3.50. The molecule has 3 aromatic rings. The van der Waals surface area contributed by atoms with E-state index < -0.39 is 10.0 Å². The number of ether oxygens (including phenoxy) is 1. The summed E-state index contributed by atoms with van der Waals surface area (Å²) in [7, 11) is -2.06. The van der Waals surface area contributed by atoms with Gasteiger partial charge in [-0.25, -0.2) is 13.4 Å². The minimum absolute atomic E-state index is 0.254. The molecule has 7 heteroatoms. The largest absolute Gasteiger partial charge is 0.497 e. The Hall–Kier alpha value is -2.64. The second-order valence-electron chi connectivity index (χ2n) is 7.81. The standard InChI is InChI=1S/C23H27N3O3S/c1-18-5-3-4-6-20(18)16-25-14-13-24-23(25)17-26(15-19-7-8-19)30(27,28)22-11-9-21(29-2)10-12-22/h3-6,9-14,19H,7-8,15-17H2,1-2H3. The van der Waals surface area contributed by atoms with Crippen LogP contribution in [0.4, 0.5) is 0 Å². The van der Waals surface area contributed by atoms with Crippen molar-refractivity contribution in [3.8, 4) is 5.75 Å². The molecule has 1 heterocycles. The number of benzene rings is 2. The van der Waals surface area contributed by atoms with Crippen LogP contribution in [0.25, 0.3) is 0 Å². The van der Waals surface area contributed by atoms with Gasteiger partial charge in [-0.2, -0.15) is 4.31 Å². The molecule has 0 radical (unpaired) electrons. The molecule has 0 atom stereocenters. The van der Waals surface area contributed by atoms with Gasteiger partial charge in [0.25, 0.3) is 0 Å². The first kappa shape index (κ1) is 20.6. The maximum absolute atomic E-state index is 13.4. The van der Waals surface area contributed by atoms with Gasteiger partial charge in [0.2, 0.25) is 10.0 Å². The van der Waals surface area contributed by atoms with E-state index in [1.807, 2.05) is 22.9 Å². The molecule has 2 aromatic carbocycles. The lowest BCUT2D eigenvalue weighted by Gasteiger charge is -2.22. The number of aromatic nitrogens is 2. The number of sulfonamides is 1. The van der Waals surface area contributed by atoms with E-state index in [-0.39, 0.29) is 11.4 Å². The number of rotatable bonds is 9. The number of nitrogens with zero attached hydrogens (tertiary/aromatic N) is 3. The fourth-order valence-corrected chi connectivity index (χ4v) is 4.97. The van der Waals surface area contributed by atoms with Crippen LogP contribution in [0, 0.1) is 12.8 Å². The Labute approximate surface area is 178 Å². The zero-order valence-electron chi connectivity index (χ0n) is 17.4. The van der Waals surface area contributed by atoms with Gasteiger partial charge in [-0.1, -0.05) is 24.3 Å². The quantitative estimate of drug-likeness (QED) is 0.522. The molecule has 158 valence electrons. The fraction of sp³-hybridized carbons (Fsp3) is 0.348. The van der Waals surface area contributed by atoms with Crippen LogP contribution in [0.2, 0.25) is 0 Å². The van der Waals surface area contributed by atoms with Crippen molar-refractivity contribution in [2.45, 2.75) is 37.8 Å². The molecule has 4 rings (SSSR count). The summed E-state index contributed by atoms with van der Waals surface area (Å²) in [6, 6.07) is 14.8. The average molecular weight is 426 g/mol. The van der Waals surface area contributed by atoms with Crippen LogP contribution in [-0.2, 0) is 23.1 Å². The van der Waals surface area contributed by atoms with E-state index in [9.17, 15) is 8.42 Å². The molecular formula is C23H27N3O3S. The number of methoxy groups -OCH3 is 1. The van der Waals surface area contributed by atoms with Gasteiger partial charge in [-0.15, -0.1) is 0 Å². The van der Waals surface area contributed by atoms with Gasteiger partial charge in [0.1, 0.15) is 11.6 Å². The summed E-state index contributed by atoms with van der Waals surface area (Å²) in [5, 5.41) is 0. The van der Waals surface area contributed by atoms with Crippen molar-refractivity contribution >= 4 is 10.0 Å². The lowest BCUT2D eigenvalue weighted by molar-refractivity contribution is 0.377. The van der Waals surface area contributed by atoms with E-state index in [0.717, 1.165) is 18.7 Å². The highest BCUT2D eigenvalue weighted by Crippen LogP contribution is 2.32. The van der Waals surface area contributed by atoms with E-state index >= 15 is 0 Å². The Kier molecular flexibility index (Phi) is 5.92. The van der Waals surface area contributed by atoms with Gasteiger partial charge >= 0.3 is 0 Å². The predicted molar refractivity (Wildman–Crippen MR) is 116 cm³/mol. The zero-order chi connectivity index (χ0) is 21.1. The molecule has 0 saturated heterocycles. The number of hydrogen-bond donors (Lipinski definition) is 0. The maximum Gasteiger partial charge on any atom is 0.243 e. The van der Waals surface area contributed by atoms with Gasteiger partial charge in [-0.3, -0.25) is 0 Å². The maximum atomic E-state index is 13.4. The van der Waals surface area contributed by atoms with E-state index in [4.69, 9.17) is 4.74 Å². The summed E-state index contributed by atoms with van der Waals surface area (Å²) in [4.78, 5) is 4.76. The summed E-state index contributed by atoms with van der Waals surface area (Å²) in [5.74, 6) is 1.81. The first-order valence-electron chi connectivity index (χ1n) is 10.2. The minimum Gasteiger partial charge on any atom is -0.497 e. The summed E-state index contributed by atoms with van der Waals surface area (Å²) < 4.78 is 35.6. The molecule has 0 aliphatic heterocycles. The van der Waals surface area contributed by atoms with E-state index in [2.05, 4.69) is 24.0 Å². The minimum atomic E-state index is -3.63. The Balaban J connectivity index is 1.59.